The molecule has 3 aliphatic rings. The van der Waals surface area contributed by atoms with Crippen molar-refractivity contribution in [2.75, 3.05) is 13.1 Å². The molecule has 2 atom stereocenters. The van der Waals surface area contributed by atoms with E-state index in [1.165, 1.54) is 62.7 Å². The van der Waals surface area contributed by atoms with Crippen molar-refractivity contribution in [1.29, 1.82) is 0 Å². The zero-order valence-corrected chi connectivity index (χ0v) is 16.8. The van der Waals surface area contributed by atoms with Gasteiger partial charge in [-0.15, -0.1) is 0 Å². The fourth-order valence-corrected chi connectivity index (χ4v) is 5.22. The number of carbonyl (C=O) groups excluding carboxylic acids is 1. The number of benzene rings is 1. The maximum absolute atomic E-state index is 12.5. The Balaban J connectivity index is 1.27. The molecule has 4 nitrogen and oxygen atoms in total. The molecule has 1 amide bonds. The van der Waals surface area contributed by atoms with Gasteiger partial charge in [0, 0.05) is 31.6 Å². The molecule has 2 N–H and O–H groups in total. The normalized spacial score (nSPS) is 29.0. The second-order valence-corrected chi connectivity index (χ2v) is 9.18. The monoisotopic (exact) mass is 369 g/mol. The summed E-state index contributed by atoms with van der Waals surface area (Å²) >= 11 is 0. The molecular weight excluding hydrogens is 334 g/mol. The highest BCUT2D eigenvalue weighted by Crippen LogP contribution is 2.32. The second kappa shape index (κ2) is 8.74. The number of nitrogens with zero attached hydrogens (tertiary/aromatic N) is 1. The maximum Gasteiger partial charge on any atom is 0.220 e. The van der Waals surface area contributed by atoms with Crippen LogP contribution in [0.4, 0.5) is 0 Å². The third-order valence-electron chi connectivity index (χ3n) is 6.91. The van der Waals surface area contributed by atoms with Gasteiger partial charge in [0.1, 0.15) is 0 Å². The van der Waals surface area contributed by atoms with Crippen LogP contribution in [-0.4, -0.2) is 36.0 Å². The van der Waals surface area contributed by atoms with Gasteiger partial charge in [-0.2, -0.15) is 0 Å². The van der Waals surface area contributed by atoms with Gasteiger partial charge in [-0.3, -0.25) is 9.69 Å². The average molecular weight is 370 g/mol. The zero-order chi connectivity index (χ0) is 18.6. The van der Waals surface area contributed by atoms with Gasteiger partial charge in [-0.1, -0.05) is 31.2 Å². The molecule has 4 heteroatoms. The molecule has 0 aromatic heterocycles. The van der Waals surface area contributed by atoms with E-state index in [0.29, 0.717) is 31.0 Å². The van der Waals surface area contributed by atoms with E-state index in [4.69, 9.17) is 0 Å². The third kappa shape index (κ3) is 5.11. The van der Waals surface area contributed by atoms with E-state index in [-0.39, 0.29) is 5.91 Å². The van der Waals surface area contributed by atoms with Gasteiger partial charge in [-0.05, 0) is 74.6 Å². The maximum atomic E-state index is 12.5. The van der Waals surface area contributed by atoms with E-state index >= 15 is 0 Å². The summed E-state index contributed by atoms with van der Waals surface area (Å²) in [6, 6.07) is 9.94. The first-order chi connectivity index (χ1) is 13.2. The highest BCUT2D eigenvalue weighted by Gasteiger charge is 2.34. The molecule has 2 bridgehead atoms. The number of fused-ring (bicyclic) bond motifs is 2. The van der Waals surface area contributed by atoms with Crippen molar-refractivity contribution in [2.24, 2.45) is 11.8 Å². The van der Waals surface area contributed by atoms with Crippen molar-refractivity contribution in [2.45, 2.75) is 77.0 Å². The standard InChI is InChI=1S/C23H35N3O/c1-17-8-10-26(11-9-17)16-20-5-3-2-4-19(20)15-24-23(27)14-18-12-21-6-7-22(13-18)25-21/h2-5,17-18,21-22,25H,6-16H2,1H3,(H,24,27). The first kappa shape index (κ1) is 18.9. The van der Waals surface area contributed by atoms with Crippen LogP contribution in [0.15, 0.2) is 24.3 Å². The fourth-order valence-electron chi connectivity index (χ4n) is 5.22. The van der Waals surface area contributed by atoms with E-state index < -0.39 is 0 Å². The molecule has 0 saturated carbocycles. The molecular formula is C23H35N3O. The quantitative estimate of drug-likeness (QED) is 0.807. The predicted molar refractivity (Wildman–Crippen MR) is 109 cm³/mol. The summed E-state index contributed by atoms with van der Waals surface area (Å²) in [6.07, 6.45) is 8.24. The molecule has 4 rings (SSSR count). The minimum atomic E-state index is 0.225. The Morgan fingerprint density at radius 3 is 2.44 bits per heavy atom. The van der Waals surface area contributed by atoms with Gasteiger partial charge in [0.15, 0.2) is 0 Å². The zero-order valence-electron chi connectivity index (χ0n) is 16.8. The van der Waals surface area contributed by atoms with Crippen molar-refractivity contribution in [3.63, 3.8) is 0 Å². The number of hydrogen-bond donors (Lipinski definition) is 2. The number of hydrogen-bond acceptors (Lipinski definition) is 3. The molecule has 2 unspecified atom stereocenters. The fraction of sp³-hybridized carbons (Fsp3) is 0.696. The van der Waals surface area contributed by atoms with Gasteiger partial charge in [-0.25, -0.2) is 0 Å². The number of amides is 1. The van der Waals surface area contributed by atoms with Crippen LogP contribution < -0.4 is 10.6 Å². The Kier molecular flexibility index (Phi) is 6.14. The van der Waals surface area contributed by atoms with E-state index in [1.807, 2.05) is 0 Å². The summed E-state index contributed by atoms with van der Waals surface area (Å²) in [6.45, 7) is 6.42. The Morgan fingerprint density at radius 2 is 1.74 bits per heavy atom. The van der Waals surface area contributed by atoms with Crippen LogP contribution in [0, 0.1) is 11.8 Å². The largest absolute Gasteiger partial charge is 0.352 e. The SMILES string of the molecule is CC1CCN(Cc2ccccc2CNC(=O)CC2CC3CCC(C2)N3)CC1. The first-order valence-corrected chi connectivity index (χ1v) is 11.0. The lowest BCUT2D eigenvalue weighted by molar-refractivity contribution is -0.122. The molecule has 0 aliphatic carbocycles. The lowest BCUT2D eigenvalue weighted by Crippen LogP contribution is -2.39. The molecule has 1 aromatic rings. The number of nitrogens with one attached hydrogen (secondary N) is 2. The first-order valence-electron chi connectivity index (χ1n) is 11.0. The van der Waals surface area contributed by atoms with Crippen LogP contribution in [0.2, 0.25) is 0 Å². The van der Waals surface area contributed by atoms with Gasteiger partial charge < -0.3 is 10.6 Å². The minimum Gasteiger partial charge on any atom is -0.352 e. The molecule has 27 heavy (non-hydrogen) atoms. The van der Waals surface area contributed by atoms with Gasteiger partial charge in [0.2, 0.25) is 5.91 Å². The van der Waals surface area contributed by atoms with Crippen LogP contribution in [0.1, 0.15) is 63.0 Å². The van der Waals surface area contributed by atoms with E-state index in [9.17, 15) is 4.79 Å². The molecule has 1 aromatic carbocycles. The van der Waals surface area contributed by atoms with Crippen molar-refractivity contribution >= 4 is 5.91 Å². The van der Waals surface area contributed by atoms with Crippen molar-refractivity contribution in [3.05, 3.63) is 35.4 Å². The van der Waals surface area contributed by atoms with Crippen LogP contribution in [0.5, 0.6) is 0 Å². The second-order valence-electron chi connectivity index (χ2n) is 9.18. The van der Waals surface area contributed by atoms with Gasteiger partial charge in [0.05, 0.1) is 0 Å². The van der Waals surface area contributed by atoms with Crippen LogP contribution >= 0.6 is 0 Å². The van der Waals surface area contributed by atoms with Crippen LogP contribution in [-0.2, 0) is 17.9 Å². The molecule has 3 fully saturated rings. The summed E-state index contributed by atoms with van der Waals surface area (Å²) in [5.74, 6) is 1.65. The topological polar surface area (TPSA) is 44.4 Å². The number of carbonyl (C=O) groups is 1. The molecule has 3 saturated heterocycles. The smallest absolute Gasteiger partial charge is 0.220 e. The lowest BCUT2D eigenvalue weighted by atomic mass is 9.89. The lowest BCUT2D eigenvalue weighted by Gasteiger charge is -2.30. The summed E-state index contributed by atoms with van der Waals surface area (Å²) in [7, 11) is 0. The van der Waals surface area contributed by atoms with Crippen molar-refractivity contribution in [3.8, 4) is 0 Å². The average Bonchev–Trinajstić information content (AvgIpc) is 3.01. The summed E-state index contributed by atoms with van der Waals surface area (Å²) in [4.78, 5) is 15.1. The Bertz CT molecular complexity index is 626. The van der Waals surface area contributed by atoms with Gasteiger partial charge >= 0.3 is 0 Å². The predicted octanol–water partition coefficient (Wildman–Crippen LogP) is 3.46. The van der Waals surface area contributed by atoms with Gasteiger partial charge in [0.25, 0.3) is 0 Å². The van der Waals surface area contributed by atoms with Crippen LogP contribution in [0.3, 0.4) is 0 Å². The van der Waals surface area contributed by atoms with Crippen molar-refractivity contribution in [1.82, 2.24) is 15.5 Å². The molecule has 3 heterocycles. The van der Waals surface area contributed by atoms with E-state index in [0.717, 1.165) is 12.5 Å². The molecule has 148 valence electrons. The molecule has 0 spiro atoms. The Morgan fingerprint density at radius 1 is 1.07 bits per heavy atom. The van der Waals surface area contributed by atoms with Crippen molar-refractivity contribution < 1.29 is 4.79 Å². The number of likely N-dealkylation sites (tertiary alicyclic amines) is 1. The van der Waals surface area contributed by atoms with E-state index in [1.54, 1.807) is 0 Å². The summed E-state index contributed by atoms with van der Waals surface area (Å²) < 4.78 is 0. The highest BCUT2D eigenvalue weighted by atomic mass is 16.1. The Labute approximate surface area is 164 Å². The summed E-state index contributed by atoms with van der Waals surface area (Å²) in [5, 5.41) is 6.87. The summed E-state index contributed by atoms with van der Waals surface area (Å²) in [5.41, 5.74) is 2.64. The number of piperidine rings is 2. The third-order valence-corrected chi connectivity index (χ3v) is 6.91. The Hall–Kier alpha value is -1.39. The molecule has 0 radical (unpaired) electrons. The highest BCUT2D eigenvalue weighted by molar-refractivity contribution is 5.76. The minimum absolute atomic E-state index is 0.225. The number of rotatable bonds is 6. The molecule has 3 aliphatic heterocycles. The van der Waals surface area contributed by atoms with E-state index in [2.05, 4.69) is 46.7 Å². The van der Waals surface area contributed by atoms with Crippen LogP contribution in [0.25, 0.3) is 0 Å².